The minimum absolute atomic E-state index is 0.864. The summed E-state index contributed by atoms with van der Waals surface area (Å²) in [6.07, 6.45) is 3.13. The number of hydrogen-bond donors (Lipinski definition) is 1. The van der Waals surface area contributed by atoms with Crippen molar-refractivity contribution in [2.45, 2.75) is 26.4 Å². The summed E-state index contributed by atoms with van der Waals surface area (Å²) >= 11 is 1.81. The van der Waals surface area contributed by atoms with Gasteiger partial charge in [0, 0.05) is 30.6 Å². The molecule has 2 aromatic heterocycles. The van der Waals surface area contributed by atoms with E-state index >= 15 is 0 Å². The molecule has 16 heavy (non-hydrogen) atoms. The highest BCUT2D eigenvalue weighted by Crippen LogP contribution is 2.10. The van der Waals surface area contributed by atoms with Gasteiger partial charge in [0.05, 0.1) is 5.69 Å². The van der Waals surface area contributed by atoms with Crippen LogP contribution in [0.2, 0.25) is 0 Å². The van der Waals surface area contributed by atoms with Gasteiger partial charge >= 0.3 is 0 Å². The molecule has 0 aliphatic heterocycles. The summed E-state index contributed by atoms with van der Waals surface area (Å²) in [5.74, 6) is 0. The van der Waals surface area contributed by atoms with Gasteiger partial charge < -0.3 is 5.32 Å². The summed E-state index contributed by atoms with van der Waals surface area (Å²) in [6.45, 7) is 4.92. The topological polar surface area (TPSA) is 29.9 Å². The van der Waals surface area contributed by atoms with Crippen LogP contribution in [0.4, 0.5) is 0 Å². The van der Waals surface area contributed by atoms with Gasteiger partial charge in [-0.3, -0.25) is 4.68 Å². The second kappa shape index (κ2) is 5.82. The lowest BCUT2D eigenvalue weighted by molar-refractivity contribution is 0.598. The van der Waals surface area contributed by atoms with Gasteiger partial charge in [-0.2, -0.15) is 5.10 Å². The SMILES string of the molecule is CCNCc1ccn(CCc2cccs2)n1. The Balaban J connectivity index is 1.83. The van der Waals surface area contributed by atoms with Crippen LogP contribution in [0.5, 0.6) is 0 Å². The van der Waals surface area contributed by atoms with Gasteiger partial charge in [-0.05, 0) is 24.1 Å². The third kappa shape index (κ3) is 3.18. The van der Waals surface area contributed by atoms with Gasteiger partial charge in [-0.1, -0.05) is 13.0 Å². The smallest absolute Gasteiger partial charge is 0.0762 e. The second-order valence-corrected chi connectivity index (χ2v) is 4.71. The van der Waals surface area contributed by atoms with Gasteiger partial charge in [0.25, 0.3) is 0 Å². The molecule has 0 spiro atoms. The molecule has 0 aliphatic carbocycles. The first-order chi connectivity index (χ1) is 7.88. The second-order valence-electron chi connectivity index (χ2n) is 3.68. The summed E-state index contributed by atoms with van der Waals surface area (Å²) in [4.78, 5) is 1.42. The first-order valence-electron chi connectivity index (χ1n) is 5.64. The van der Waals surface area contributed by atoms with Gasteiger partial charge in [0.2, 0.25) is 0 Å². The van der Waals surface area contributed by atoms with Crippen LogP contribution < -0.4 is 5.32 Å². The molecule has 0 saturated carbocycles. The molecule has 4 heteroatoms. The van der Waals surface area contributed by atoms with E-state index in [-0.39, 0.29) is 0 Å². The zero-order valence-corrected chi connectivity index (χ0v) is 10.3. The molecule has 1 N–H and O–H groups in total. The van der Waals surface area contributed by atoms with Crippen molar-refractivity contribution in [2.75, 3.05) is 6.54 Å². The van der Waals surface area contributed by atoms with Crippen molar-refractivity contribution in [1.29, 1.82) is 0 Å². The Hall–Kier alpha value is -1.13. The third-order valence-corrected chi connectivity index (χ3v) is 3.36. The zero-order chi connectivity index (χ0) is 11.2. The predicted molar refractivity (Wildman–Crippen MR) is 67.6 cm³/mol. The molecule has 0 fully saturated rings. The molecular weight excluding hydrogens is 218 g/mol. The van der Waals surface area contributed by atoms with Crippen molar-refractivity contribution in [3.63, 3.8) is 0 Å². The summed E-state index contributed by atoms with van der Waals surface area (Å²) in [5.41, 5.74) is 1.12. The molecule has 0 aromatic carbocycles. The molecule has 0 radical (unpaired) electrons. The van der Waals surface area contributed by atoms with Crippen LogP contribution in [0, 0.1) is 0 Å². The average Bonchev–Trinajstić information content (AvgIpc) is 2.95. The van der Waals surface area contributed by atoms with E-state index in [0.29, 0.717) is 0 Å². The predicted octanol–water partition coefficient (Wildman–Crippen LogP) is 2.30. The van der Waals surface area contributed by atoms with Gasteiger partial charge in [0.1, 0.15) is 0 Å². The molecule has 2 rings (SSSR count). The van der Waals surface area contributed by atoms with Crippen LogP contribution in [-0.4, -0.2) is 16.3 Å². The summed E-state index contributed by atoms with van der Waals surface area (Å²) in [5, 5.41) is 9.90. The molecule has 2 aromatic rings. The molecule has 0 amide bonds. The van der Waals surface area contributed by atoms with Gasteiger partial charge in [0.15, 0.2) is 0 Å². The first kappa shape index (κ1) is 11.4. The van der Waals surface area contributed by atoms with Gasteiger partial charge in [-0.25, -0.2) is 0 Å². The quantitative estimate of drug-likeness (QED) is 0.832. The van der Waals surface area contributed by atoms with E-state index in [0.717, 1.165) is 31.7 Å². The Bertz CT molecular complexity index is 406. The molecule has 3 nitrogen and oxygen atoms in total. The van der Waals surface area contributed by atoms with Crippen LogP contribution in [0.15, 0.2) is 29.8 Å². The summed E-state index contributed by atoms with van der Waals surface area (Å²) in [6, 6.07) is 6.35. The minimum Gasteiger partial charge on any atom is -0.311 e. The Kier molecular flexibility index (Phi) is 4.13. The molecule has 0 bridgehead atoms. The van der Waals surface area contributed by atoms with Crippen molar-refractivity contribution in [3.8, 4) is 0 Å². The minimum atomic E-state index is 0.864. The highest BCUT2D eigenvalue weighted by atomic mass is 32.1. The van der Waals surface area contributed by atoms with E-state index in [2.05, 4.69) is 47.1 Å². The van der Waals surface area contributed by atoms with Crippen LogP contribution in [0.1, 0.15) is 17.5 Å². The van der Waals surface area contributed by atoms with Crippen molar-refractivity contribution in [2.24, 2.45) is 0 Å². The van der Waals surface area contributed by atoms with E-state index in [1.165, 1.54) is 4.88 Å². The van der Waals surface area contributed by atoms with Crippen molar-refractivity contribution in [1.82, 2.24) is 15.1 Å². The van der Waals surface area contributed by atoms with Crippen molar-refractivity contribution < 1.29 is 0 Å². The Morgan fingerprint density at radius 3 is 3.12 bits per heavy atom. The van der Waals surface area contributed by atoms with Crippen LogP contribution in [0.3, 0.4) is 0 Å². The Morgan fingerprint density at radius 2 is 2.38 bits per heavy atom. The van der Waals surface area contributed by atoms with E-state index in [4.69, 9.17) is 0 Å². The Morgan fingerprint density at radius 1 is 1.44 bits per heavy atom. The summed E-state index contributed by atoms with van der Waals surface area (Å²) in [7, 11) is 0. The van der Waals surface area contributed by atoms with Gasteiger partial charge in [-0.15, -0.1) is 11.3 Å². The molecule has 0 saturated heterocycles. The highest BCUT2D eigenvalue weighted by Gasteiger charge is 1.99. The van der Waals surface area contributed by atoms with E-state index in [1.54, 1.807) is 0 Å². The lowest BCUT2D eigenvalue weighted by Gasteiger charge is -2.00. The molecule has 0 aliphatic rings. The number of nitrogens with zero attached hydrogens (tertiary/aromatic N) is 2. The average molecular weight is 235 g/mol. The van der Waals surface area contributed by atoms with E-state index < -0.39 is 0 Å². The fourth-order valence-corrected chi connectivity index (χ4v) is 2.25. The third-order valence-electron chi connectivity index (χ3n) is 2.42. The number of aryl methyl sites for hydroxylation is 2. The standard InChI is InChI=1S/C12H17N3S/c1-2-13-10-11-5-7-15(14-11)8-6-12-4-3-9-16-12/h3-5,7,9,13H,2,6,8,10H2,1H3. The largest absolute Gasteiger partial charge is 0.311 e. The molecule has 0 atom stereocenters. The molecule has 86 valence electrons. The Labute approximate surface area is 100 Å². The van der Waals surface area contributed by atoms with Crippen LogP contribution in [0.25, 0.3) is 0 Å². The van der Waals surface area contributed by atoms with Crippen molar-refractivity contribution in [3.05, 3.63) is 40.3 Å². The molecular formula is C12H17N3S. The number of nitrogens with one attached hydrogen (secondary N) is 1. The first-order valence-corrected chi connectivity index (χ1v) is 6.52. The lowest BCUT2D eigenvalue weighted by atomic mass is 10.3. The highest BCUT2D eigenvalue weighted by molar-refractivity contribution is 7.09. The fraction of sp³-hybridized carbons (Fsp3) is 0.417. The monoisotopic (exact) mass is 235 g/mol. The number of aromatic nitrogens is 2. The van der Waals surface area contributed by atoms with E-state index in [1.807, 2.05) is 16.0 Å². The van der Waals surface area contributed by atoms with Crippen LogP contribution >= 0.6 is 11.3 Å². The normalized spacial score (nSPS) is 10.8. The zero-order valence-electron chi connectivity index (χ0n) is 9.52. The maximum atomic E-state index is 4.51. The maximum Gasteiger partial charge on any atom is 0.0762 e. The maximum absolute atomic E-state index is 4.51. The molecule has 2 heterocycles. The molecule has 0 unspecified atom stereocenters. The van der Waals surface area contributed by atoms with Crippen molar-refractivity contribution >= 4 is 11.3 Å². The fourth-order valence-electron chi connectivity index (χ4n) is 1.56. The van der Waals surface area contributed by atoms with Crippen LogP contribution in [-0.2, 0) is 19.5 Å². The number of thiophene rings is 1. The van der Waals surface area contributed by atoms with E-state index in [9.17, 15) is 0 Å². The number of hydrogen-bond acceptors (Lipinski definition) is 3. The summed E-state index contributed by atoms with van der Waals surface area (Å²) < 4.78 is 2.02. The number of rotatable bonds is 6. The lowest BCUT2D eigenvalue weighted by Crippen LogP contribution is -2.12.